The van der Waals surface area contributed by atoms with Crippen LogP contribution in [0.3, 0.4) is 0 Å². The molecule has 96 valence electrons. The lowest BCUT2D eigenvalue weighted by Crippen LogP contribution is -2.15. The van der Waals surface area contributed by atoms with Gasteiger partial charge in [0, 0.05) is 5.57 Å². The van der Waals surface area contributed by atoms with E-state index in [9.17, 15) is 14.0 Å². The maximum Gasteiger partial charge on any atom is 0.337 e. The molecule has 1 amide bonds. The van der Waals surface area contributed by atoms with Crippen molar-refractivity contribution in [3.8, 4) is 0 Å². The predicted octanol–water partition coefficient (Wildman–Crippen LogP) is 2.82. The second-order valence-electron chi connectivity index (χ2n) is 3.74. The third-order valence-corrected chi connectivity index (χ3v) is 2.33. The number of allylic oxidation sites excluding steroid dienone is 1. The summed E-state index contributed by atoms with van der Waals surface area (Å²) in [5, 5.41) is 11.4. The number of amides is 1. The highest BCUT2D eigenvalue weighted by Gasteiger charge is 2.14. The summed E-state index contributed by atoms with van der Waals surface area (Å²) in [5.74, 6) is -2.35. The van der Waals surface area contributed by atoms with Crippen molar-refractivity contribution < 1.29 is 19.1 Å². The topological polar surface area (TPSA) is 66.4 Å². The van der Waals surface area contributed by atoms with Crippen LogP contribution in [-0.2, 0) is 4.79 Å². The van der Waals surface area contributed by atoms with Gasteiger partial charge in [0.2, 0.25) is 0 Å². The minimum atomic E-state index is -1.29. The van der Waals surface area contributed by atoms with Gasteiger partial charge in [-0.25, -0.2) is 9.18 Å². The van der Waals surface area contributed by atoms with E-state index in [4.69, 9.17) is 5.11 Å². The molecule has 4 nitrogen and oxygen atoms in total. The highest BCUT2D eigenvalue weighted by Crippen LogP contribution is 2.18. The van der Waals surface area contributed by atoms with Gasteiger partial charge in [-0.2, -0.15) is 0 Å². The molecule has 1 rings (SSSR count). The Bertz CT molecular complexity index is 509. The SMILES string of the molecule is CC/C=C(\C)C(=O)Nc1ccc(F)cc1C(=O)O. The Balaban J connectivity index is 3.01. The van der Waals surface area contributed by atoms with Crippen molar-refractivity contribution in [2.75, 3.05) is 5.32 Å². The van der Waals surface area contributed by atoms with E-state index in [1.165, 1.54) is 6.07 Å². The molecule has 0 fully saturated rings. The molecule has 0 heterocycles. The van der Waals surface area contributed by atoms with Crippen molar-refractivity contribution in [3.05, 3.63) is 41.2 Å². The first-order valence-electron chi connectivity index (χ1n) is 5.46. The largest absolute Gasteiger partial charge is 0.478 e. The van der Waals surface area contributed by atoms with Gasteiger partial charge in [0.1, 0.15) is 5.82 Å². The van der Waals surface area contributed by atoms with Crippen molar-refractivity contribution in [2.45, 2.75) is 20.3 Å². The summed E-state index contributed by atoms with van der Waals surface area (Å²) >= 11 is 0. The first kappa shape index (κ1) is 13.9. The lowest BCUT2D eigenvalue weighted by molar-refractivity contribution is -0.112. The van der Waals surface area contributed by atoms with Crippen LogP contribution in [-0.4, -0.2) is 17.0 Å². The summed E-state index contributed by atoms with van der Waals surface area (Å²) in [5.41, 5.74) is 0.295. The molecule has 0 aliphatic carbocycles. The highest BCUT2D eigenvalue weighted by atomic mass is 19.1. The molecule has 1 aromatic rings. The Hall–Kier alpha value is -2.17. The maximum absolute atomic E-state index is 12.9. The molecule has 5 heteroatoms. The Morgan fingerprint density at radius 1 is 1.44 bits per heavy atom. The van der Waals surface area contributed by atoms with Crippen LogP contribution in [0.15, 0.2) is 29.8 Å². The molecule has 1 aromatic carbocycles. The fourth-order valence-electron chi connectivity index (χ4n) is 1.42. The van der Waals surface area contributed by atoms with Gasteiger partial charge in [-0.3, -0.25) is 4.79 Å². The van der Waals surface area contributed by atoms with Gasteiger partial charge in [-0.1, -0.05) is 13.0 Å². The zero-order chi connectivity index (χ0) is 13.7. The van der Waals surface area contributed by atoms with Crippen LogP contribution in [0.4, 0.5) is 10.1 Å². The average molecular weight is 251 g/mol. The first-order chi connectivity index (χ1) is 8.45. The molecular formula is C13H14FNO3. The molecule has 0 unspecified atom stereocenters. The fraction of sp³-hybridized carbons (Fsp3) is 0.231. The summed E-state index contributed by atoms with van der Waals surface area (Å²) in [6.07, 6.45) is 2.42. The van der Waals surface area contributed by atoms with Crippen LogP contribution in [0.25, 0.3) is 0 Å². The van der Waals surface area contributed by atoms with Gasteiger partial charge in [0.15, 0.2) is 0 Å². The average Bonchev–Trinajstić information content (AvgIpc) is 2.31. The lowest BCUT2D eigenvalue weighted by atomic mass is 10.1. The Labute approximate surface area is 104 Å². The Morgan fingerprint density at radius 3 is 2.67 bits per heavy atom. The summed E-state index contributed by atoms with van der Waals surface area (Å²) in [6, 6.07) is 3.20. The molecule has 18 heavy (non-hydrogen) atoms. The second-order valence-corrected chi connectivity index (χ2v) is 3.74. The third-order valence-electron chi connectivity index (χ3n) is 2.33. The molecule has 0 radical (unpaired) electrons. The van der Waals surface area contributed by atoms with Crippen LogP contribution in [0.2, 0.25) is 0 Å². The van der Waals surface area contributed by atoms with E-state index in [2.05, 4.69) is 5.32 Å². The zero-order valence-corrected chi connectivity index (χ0v) is 10.2. The number of carbonyl (C=O) groups excluding carboxylic acids is 1. The molecule has 0 saturated heterocycles. The number of carbonyl (C=O) groups is 2. The molecule has 0 aliphatic rings. The van der Waals surface area contributed by atoms with Crippen molar-refractivity contribution in [2.24, 2.45) is 0 Å². The quantitative estimate of drug-likeness (QED) is 0.808. The molecule has 0 spiro atoms. The van der Waals surface area contributed by atoms with E-state index in [-0.39, 0.29) is 11.3 Å². The number of aromatic carboxylic acids is 1. The fourth-order valence-corrected chi connectivity index (χ4v) is 1.42. The molecular weight excluding hydrogens is 237 g/mol. The number of rotatable bonds is 4. The number of benzene rings is 1. The highest BCUT2D eigenvalue weighted by molar-refractivity contribution is 6.07. The van der Waals surface area contributed by atoms with Crippen LogP contribution >= 0.6 is 0 Å². The van der Waals surface area contributed by atoms with Crippen LogP contribution in [0, 0.1) is 5.82 Å². The van der Waals surface area contributed by atoms with Gasteiger partial charge in [0.05, 0.1) is 11.3 Å². The Morgan fingerprint density at radius 2 is 2.11 bits per heavy atom. The van der Waals surface area contributed by atoms with Crippen LogP contribution < -0.4 is 5.32 Å². The minimum absolute atomic E-state index is 0.0813. The normalized spacial score (nSPS) is 11.2. The van der Waals surface area contributed by atoms with E-state index in [1.54, 1.807) is 13.0 Å². The predicted molar refractivity (Wildman–Crippen MR) is 66.0 cm³/mol. The first-order valence-corrected chi connectivity index (χ1v) is 5.46. The Kier molecular flexibility index (Phi) is 4.59. The summed E-state index contributed by atoms with van der Waals surface area (Å²) in [7, 11) is 0. The van der Waals surface area contributed by atoms with Crippen molar-refractivity contribution in [1.29, 1.82) is 0 Å². The van der Waals surface area contributed by atoms with Gasteiger partial charge in [-0.15, -0.1) is 0 Å². The minimum Gasteiger partial charge on any atom is -0.478 e. The summed E-state index contributed by atoms with van der Waals surface area (Å²) < 4.78 is 12.9. The standard InChI is InChI=1S/C13H14FNO3/c1-3-4-8(2)12(16)15-11-6-5-9(14)7-10(11)13(17)18/h4-7H,3H2,1-2H3,(H,15,16)(H,17,18)/b8-4+. The molecule has 0 bridgehead atoms. The number of nitrogens with one attached hydrogen (secondary N) is 1. The lowest BCUT2D eigenvalue weighted by Gasteiger charge is -2.08. The number of hydrogen-bond donors (Lipinski definition) is 2. The maximum atomic E-state index is 12.9. The second kappa shape index (κ2) is 5.95. The van der Waals surface area contributed by atoms with E-state index in [1.807, 2.05) is 6.92 Å². The molecule has 0 aliphatic heterocycles. The van der Waals surface area contributed by atoms with Crippen molar-refractivity contribution in [3.63, 3.8) is 0 Å². The summed E-state index contributed by atoms with van der Waals surface area (Å²) in [6.45, 7) is 3.51. The number of carboxylic acids is 1. The number of hydrogen-bond acceptors (Lipinski definition) is 2. The van der Waals surface area contributed by atoms with E-state index in [0.29, 0.717) is 12.0 Å². The van der Waals surface area contributed by atoms with Gasteiger partial charge in [0.25, 0.3) is 5.91 Å². The van der Waals surface area contributed by atoms with Crippen molar-refractivity contribution >= 4 is 17.6 Å². The van der Waals surface area contributed by atoms with Crippen LogP contribution in [0.1, 0.15) is 30.6 Å². The third kappa shape index (κ3) is 3.41. The molecule has 2 N–H and O–H groups in total. The molecule has 0 atom stereocenters. The smallest absolute Gasteiger partial charge is 0.337 e. The van der Waals surface area contributed by atoms with Gasteiger partial charge in [-0.05, 0) is 31.5 Å². The zero-order valence-electron chi connectivity index (χ0n) is 10.2. The van der Waals surface area contributed by atoms with Crippen LogP contribution in [0.5, 0.6) is 0 Å². The van der Waals surface area contributed by atoms with E-state index < -0.39 is 17.7 Å². The summed E-state index contributed by atoms with van der Waals surface area (Å²) in [4.78, 5) is 22.6. The number of halogens is 1. The van der Waals surface area contributed by atoms with E-state index >= 15 is 0 Å². The molecule has 0 saturated carbocycles. The number of anilines is 1. The van der Waals surface area contributed by atoms with Gasteiger partial charge < -0.3 is 10.4 Å². The molecule has 0 aromatic heterocycles. The van der Waals surface area contributed by atoms with Crippen molar-refractivity contribution in [1.82, 2.24) is 0 Å². The number of carboxylic acid groups (broad SMARTS) is 1. The van der Waals surface area contributed by atoms with E-state index in [0.717, 1.165) is 12.1 Å². The van der Waals surface area contributed by atoms with Gasteiger partial charge >= 0.3 is 5.97 Å². The monoisotopic (exact) mass is 251 g/mol.